The quantitative estimate of drug-likeness (QED) is 0.500. The number of rotatable bonds is 3. The van der Waals surface area contributed by atoms with Crippen molar-refractivity contribution in [1.82, 2.24) is 23.9 Å². The number of hydrogen-bond donors (Lipinski definition) is 0. The second kappa shape index (κ2) is 6.17. The topological polar surface area (TPSA) is 65.1 Å². The Morgan fingerprint density at radius 3 is 2.63 bits per heavy atom. The summed E-state index contributed by atoms with van der Waals surface area (Å²) in [6.45, 7) is 0.458. The number of pyridine rings is 2. The van der Waals surface area contributed by atoms with Crippen LogP contribution < -0.4 is 5.56 Å². The van der Waals surface area contributed by atoms with E-state index >= 15 is 0 Å². The van der Waals surface area contributed by atoms with Crippen LogP contribution in [-0.2, 0) is 6.54 Å². The lowest BCUT2D eigenvalue weighted by Gasteiger charge is -2.08. The fraction of sp³-hybridized carbons (Fsp3) is 0.0476. The number of fused-ring (bicyclic) bond motifs is 2. The molecule has 0 saturated heterocycles. The Morgan fingerprint density at radius 2 is 1.74 bits per heavy atom. The van der Waals surface area contributed by atoms with E-state index in [1.807, 2.05) is 28.8 Å². The fourth-order valence-corrected chi connectivity index (χ4v) is 3.19. The second-order valence-corrected chi connectivity index (χ2v) is 6.39. The third-order valence-corrected chi connectivity index (χ3v) is 4.63. The third-order valence-electron chi connectivity index (χ3n) is 4.63. The Morgan fingerprint density at radius 1 is 0.889 bits per heavy atom. The van der Waals surface area contributed by atoms with E-state index in [1.165, 1.54) is 0 Å². The zero-order chi connectivity index (χ0) is 18.2. The van der Waals surface area contributed by atoms with Gasteiger partial charge in [-0.15, -0.1) is 0 Å². The van der Waals surface area contributed by atoms with Gasteiger partial charge in [0.15, 0.2) is 5.52 Å². The van der Waals surface area contributed by atoms with Gasteiger partial charge in [0, 0.05) is 12.4 Å². The van der Waals surface area contributed by atoms with Crippen LogP contribution in [0.15, 0.2) is 84.6 Å². The largest absolute Gasteiger partial charge is 0.306 e. The summed E-state index contributed by atoms with van der Waals surface area (Å²) in [5.74, 6) is 0. The van der Waals surface area contributed by atoms with Crippen molar-refractivity contribution in [1.29, 1.82) is 0 Å². The number of imidazole rings is 1. The van der Waals surface area contributed by atoms with Crippen LogP contribution in [0, 0.1) is 0 Å². The van der Waals surface area contributed by atoms with E-state index in [0.717, 1.165) is 22.2 Å². The van der Waals surface area contributed by atoms with Crippen LogP contribution in [0.1, 0.15) is 5.56 Å². The summed E-state index contributed by atoms with van der Waals surface area (Å²) in [6.07, 6.45) is 8.87. The molecule has 0 fully saturated rings. The average Bonchev–Trinajstić information content (AvgIpc) is 3.19. The molecule has 0 unspecified atom stereocenters. The molecule has 6 nitrogen and oxygen atoms in total. The predicted molar refractivity (Wildman–Crippen MR) is 104 cm³/mol. The van der Waals surface area contributed by atoms with Gasteiger partial charge in [0.2, 0.25) is 0 Å². The zero-order valence-corrected chi connectivity index (χ0v) is 14.4. The highest BCUT2D eigenvalue weighted by Gasteiger charge is 2.06. The third kappa shape index (κ3) is 2.77. The monoisotopic (exact) mass is 353 g/mol. The lowest BCUT2D eigenvalue weighted by molar-refractivity contribution is 0.746. The van der Waals surface area contributed by atoms with Crippen molar-refractivity contribution in [3.8, 4) is 11.1 Å². The summed E-state index contributed by atoms with van der Waals surface area (Å²) in [5.41, 5.74) is 5.19. The minimum Gasteiger partial charge on any atom is -0.306 e. The molecule has 0 spiro atoms. The van der Waals surface area contributed by atoms with E-state index in [0.29, 0.717) is 17.6 Å². The van der Waals surface area contributed by atoms with Gasteiger partial charge in [-0.3, -0.25) is 9.36 Å². The fourth-order valence-electron chi connectivity index (χ4n) is 3.19. The van der Waals surface area contributed by atoms with E-state index in [9.17, 15) is 4.79 Å². The van der Waals surface area contributed by atoms with E-state index < -0.39 is 0 Å². The molecule has 5 aromatic rings. The highest BCUT2D eigenvalue weighted by atomic mass is 16.1. The highest BCUT2D eigenvalue weighted by Crippen LogP contribution is 2.21. The van der Waals surface area contributed by atoms with E-state index in [2.05, 4.69) is 39.3 Å². The number of hydrogen-bond acceptors (Lipinski definition) is 4. The van der Waals surface area contributed by atoms with Gasteiger partial charge in [0.05, 0.1) is 36.4 Å². The highest BCUT2D eigenvalue weighted by molar-refractivity contribution is 5.72. The molecular formula is C21H15N5O. The molecule has 130 valence electrons. The summed E-state index contributed by atoms with van der Waals surface area (Å²) in [6, 6.07) is 15.9. The molecule has 4 aromatic heterocycles. The molecule has 1 aromatic carbocycles. The molecular weight excluding hydrogens is 338 g/mol. The second-order valence-electron chi connectivity index (χ2n) is 6.39. The first kappa shape index (κ1) is 15.5. The van der Waals surface area contributed by atoms with Crippen LogP contribution in [0.25, 0.3) is 27.7 Å². The number of aromatic nitrogens is 5. The molecule has 0 N–H and O–H groups in total. The van der Waals surface area contributed by atoms with Crippen molar-refractivity contribution < 1.29 is 0 Å². The maximum absolute atomic E-state index is 12.6. The Labute approximate surface area is 154 Å². The van der Waals surface area contributed by atoms with Gasteiger partial charge in [-0.05, 0) is 34.9 Å². The minimum atomic E-state index is -0.129. The van der Waals surface area contributed by atoms with Crippen molar-refractivity contribution in [3.05, 3.63) is 95.7 Å². The molecule has 4 heterocycles. The molecule has 0 aliphatic heterocycles. The molecule has 0 saturated carbocycles. The summed E-state index contributed by atoms with van der Waals surface area (Å²) in [7, 11) is 0. The average molecular weight is 353 g/mol. The first-order valence-electron chi connectivity index (χ1n) is 8.59. The van der Waals surface area contributed by atoms with E-state index in [-0.39, 0.29) is 5.56 Å². The van der Waals surface area contributed by atoms with Crippen LogP contribution in [0.3, 0.4) is 0 Å². The SMILES string of the molecule is O=c1c2ncccc2ncn1Cc1ccc(-c2ccc3cncn3c2)cc1. The maximum Gasteiger partial charge on any atom is 0.280 e. The van der Waals surface area contributed by atoms with Gasteiger partial charge in [-0.1, -0.05) is 30.3 Å². The molecule has 0 aliphatic carbocycles. The molecule has 0 amide bonds. The van der Waals surface area contributed by atoms with Crippen LogP contribution in [-0.4, -0.2) is 23.9 Å². The lowest BCUT2D eigenvalue weighted by Crippen LogP contribution is -2.21. The molecule has 27 heavy (non-hydrogen) atoms. The van der Waals surface area contributed by atoms with Crippen molar-refractivity contribution in [2.75, 3.05) is 0 Å². The van der Waals surface area contributed by atoms with E-state index in [4.69, 9.17) is 0 Å². The number of benzene rings is 1. The molecule has 0 bridgehead atoms. The summed E-state index contributed by atoms with van der Waals surface area (Å²) in [4.78, 5) is 25.2. The zero-order valence-electron chi connectivity index (χ0n) is 14.4. The molecule has 5 rings (SSSR count). The first-order chi connectivity index (χ1) is 13.3. The van der Waals surface area contributed by atoms with Crippen LogP contribution in [0.5, 0.6) is 0 Å². The lowest BCUT2D eigenvalue weighted by atomic mass is 10.1. The van der Waals surface area contributed by atoms with Crippen molar-refractivity contribution >= 4 is 16.6 Å². The van der Waals surface area contributed by atoms with Crippen molar-refractivity contribution in [2.45, 2.75) is 6.54 Å². The van der Waals surface area contributed by atoms with Gasteiger partial charge in [0.1, 0.15) is 0 Å². The van der Waals surface area contributed by atoms with E-state index in [1.54, 1.807) is 35.6 Å². The van der Waals surface area contributed by atoms with Crippen LogP contribution in [0.2, 0.25) is 0 Å². The normalized spacial score (nSPS) is 11.3. The number of nitrogens with zero attached hydrogens (tertiary/aromatic N) is 5. The Hall–Kier alpha value is -3.80. The smallest absolute Gasteiger partial charge is 0.280 e. The first-order valence-corrected chi connectivity index (χ1v) is 8.59. The van der Waals surface area contributed by atoms with Gasteiger partial charge in [-0.25, -0.2) is 15.0 Å². The van der Waals surface area contributed by atoms with Gasteiger partial charge in [-0.2, -0.15) is 0 Å². The molecule has 0 atom stereocenters. The van der Waals surface area contributed by atoms with Gasteiger partial charge in [0.25, 0.3) is 5.56 Å². The standard InChI is InChI=1S/C21H15N5O/c27-21-20-19(2-1-9-23-20)24-14-26(21)11-15-3-5-16(6-4-15)17-7-8-18-10-22-13-25(18)12-17/h1-10,12-14H,11H2. The minimum absolute atomic E-state index is 0.129. The van der Waals surface area contributed by atoms with Gasteiger partial charge < -0.3 is 4.40 Å². The Balaban J connectivity index is 1.45. The molecule has 6 heteroatoms. The Kier molecular flexibility index (Phi) is 3.53. The molecule has 0 aliphatic rings. The summed E-state index contributed by atoms with van der Waals surface area (Å²) < 4.78 is 3.58. The van der Waals surface area contributed by atoms with Crippen LogP contribution in [0.4, 0.5) is 0 Å². The van der Waals surface area contributed by atoms with Gasteiger partial charge >= 0.3 is 0 Å². The van der Waals surface area contributed by atoms with Crippen LogP contribution >= 0.6 is 0 Å². The predicted octanol–water partition coefficient (Wildman–Crippen LogP) is 3.15. The maximum atomic E-state index is 12.6. The Bertz CT molecular complexity index is 1320. The van der Waals surface area contributed by atoms with Crippen molar-refractivity contribution in [2.24, 2.45) is 0 Å². The summed E-state index contributed by atoms with van der Waals surface area (Å²) in [5, 5.41) is 0. The van der Waals surface area contributed by atoms with Crippen molar-refractivity contribution in [3.63, 3.8) is 0 Å². The molecule has 0 radical (unpaired) electrons. The summed E-state index contributed by atoms with van der Waals surface area (Å²) >= 11 is 0.